The summed E-state index contributed by atoms with van der Waals surface area (Å²) in [7, 11) is 4.56. The first kappa shape index (κ1) is 19.8. The number of likely N-dealkylation sites (tertiary alicyclic amines) is 1. The summed E-state index contributed by atoms with van der Waals surface area (Å²) in [6.45, 7) is 1.14. The normalized spacial score (nSPS) is 14.5. The van der Waals surface area contributed by atoms with Crippen LogP contribution in [-0.2, 0) is 0 Å². The van der Waals surface area contributed by atoms with E-state index in [0.717, 1.165) is 0 Å². The van der Waals surface area contributed by atoms with Crippen molar-refractivity contribution >= 4 is 5.91 Å². The molecule has 0 N–H and O–H groups in total. The average molecular weight is 389 g/mol. The van der Waals surface area contributed by atoms with Gasteiger partial charge in [0.1, 0.15) is 17.7 Å². The van der Waals surface area contributed by atoms with E-state index in [9.17, 15) is 9.18 Å². The minimum atomic E-state index is -0.293. The number of piperidine rings is 1. The second-order valence-corrected chi connectivity index (χ2v) is 6.48. The van der Waals surface area contributed by atoms with Gasteiger partial charge in [-0.25, -0.2) is 4.39 Å². The molecule has 1 amide bonds. The zero-order chi connectivity index (χ0) is 20.1. The number of hydrogen-bond acceptors (Lipinski definition) is 5. The quantitative estimate of drug-likeness (QED) is 0.757. The lowest BCUT2D eigenvalue weighted by atomic mass is 10.1. The summed E-state index contributed by atoms with van der Waals surface area (Å²) in [4.78, 5) is 14.7. The lowest BCUT2D eigenvalue weighted by Crippen LogP contribution is -2.41. The van der Waals surface area contributed by atoms with Gasteiger partial charge in [0.05, 0.1) is 21.3 Å². The van der Waals surface area contributed by atoms with E-state index in [1.807, 2.05) is 0 Å². The fraction of sp³-hybridized carbons (Fsp3) is 0.381. The van der Waals surface area contributed by atoms with Crippen LogP contribution in [0.1, 0.15) is 23.2 Å². The zero-order valence-electron chi connectivity index (χ0n) is 16.2. The summed E-state index contributed by atoms with van der Waals surface area (Å²) in [6.07, 6.45) is 1.40. The molecule has 1 heterocycles. The Morgan fingerprint density at radius 3 is 2.04 bits per heavy atom. The van der Waals surface area contributed by atoms with Gasteiger partial charge >= 0.3 is 0 Å². The number of hydrogen-bond donors (Lipinski definition) is 0. The Morgan fingerprint density at radius 2 is 1.54 bits per heavy atom. The summed E-state index contributed by atoms with van der Waals surface area (Å²) in [5.41, 5.74) is 0.479. The molecule has 1 saturated heterocycles. The third-order valence-corrected chi connectivity index (χ3v) is 4.76. The first-order valence-electron chi connectivity index (χ1n) is 9.07. The van der Waals surface area contributed by atoms with Gasteiger partial charge in [-0.2, -0.15) is 0 Å². The molecule has 7 heteroatoms. The number of rotatable bonds is 6. The second kappa shape index (κ2) is 8.82. The maximum Gasteiger partial charge on any atom is 0.254 e. The first-order valence-corrected chi connectivity index (χ1v) is 9.07. The Labute approximate surface area is 163 Å². The number of nitrogens with zero attached hydrogens (tertiary/aromatic N) is 1. The van der Waals surface area contributed by atoms with Gasteiger partial charge in [-0.1, -0.05) is 0 Å². The highest BCUT2D eigenvalue weighted by molar-refractivity contribution is 5.95. The van der Waals surface area contributed by atoms with Crippen molar-refractivity contribution in [2.24, 2.45) is 0 Å². The molecule has 28 heavy (non-hydrogen) atoms. The Morgan fingerprint density at radius 1 is 0.964 bits per heavy atom. The van der Waals surface area contributed by atoms with Gasteiger partial charge < -0.3 is 23.8 Å². The molecule has 3 rings (SSSR count). The maximum atomic E-state index is 13.0. The van der Waals surface area contributed by atoms with E-state index in [-0.39, 0.29) is 17.8 Å². The third kappa shape index (κ3) is 4.30. The molecule has 6 nitrogen and oxygen atoms in total. The van der Waals surface area contributed by atoms with E-state index in [0.29, 0.717) is 54.5 Å². The number of carbonyl (C=O) groups is 1. The van der Waals surface area contributed by atoms with E-state index in [1.165, 1.54) is 33.5 Å². The van der Waals surface area contributed by atoms with E-state index >= 15 is 0 Å². The fourth-order valence-electron chi connectivity index (χ4n) is 3.27. The number of amides is 1. The minimum Gasteiger partial charge on any atom is -0.493 e. The summed E-state index contributed by atoms with van der Waals surface area (Å²) in [5.74, 6) is 1.58. The Bertz CT molecular complexity index is 791. The monoisotopic (exact) mass is 389 g/mol. The van der Waals surface area contributed by atoms with Crippen LogP contribution in [0.25, 0.3) is 0 Å². The number of methoxy groups -OCH3 is 3. The Hall–Kier alpha value is -2.96. The Kier molecular flexibility index (Phi) is 6.23. The van der Waals surface area contributed by atoms with Gasteiger partial charge in [0.25, 0.3) is 5.91 Å². The Balaban J connectivity index is 1.65. The maximum absolute atomic E-state index is 13.0. The number of halogens is 1. The van der Waals surface area contributed by atoms with Gasteiger partial charge in [-0.15, -0.1) is 0 Å². The summed E-state index contributed by atoms with van der Waals surface area (Å²) in [5, 5.41) is 0. The molecule has 0 spiro atoms. The molecule has 2 aromatic carbocycles. The zero-order valence-corrected chi connectivity index (χ0v) is 16.2. The predicted octanol–water partition coefficient (Wildman–Crippen LogP) is 3.54. The molecular weight excluding hydrogens is 365 g/mol. The average Bonchev–Trinajstić information content (AvgIpc) is 2.74. The molecule has 0 aromatic heterocycles. The molecule has 150 valence electrons. The van der Waals surface area contributed by atoms with Crippen LogP contribution in [-0.4, -0.2) is 51.3 Å². The van der Waals surface area contributed by atoms with Crippen LogP contribution >= 0.6 is 0 Å². The summed E-state index contributed by atoms with van der Waals surface area (Å²) >= 11 is 0. The van der Waals surface area contributed by atoms with Crippen molar-refractivity contribution in [1.82, 2.24) is 4.90 Å². The van der Waals surface area contributed by atoms with Crippen molar-refractivity contribution in [3.05, 3.63) is 47.8 Å². The van der Waals surface area contributed by atoms with E-state index in [4.69, 9.17) is 18.9 Å². The number of carbonyl (C=O) groups excluding carboxylic acids is 1. The van der Waals surface area contributed by atoms with Gasteiger partial charge in [-0.3, -0.25) is 4.79 Å². The fourth-order valence-corrected chi connectivity index (χ4v) is 3.27. The van der Waals surface area contributed by atoms with Crippen molar-refractivity contribution in [1.29, 1.82) is 0 Å². The van der Waals surface area contributed by atoms with Crippen LogP contribution in [0.3, 0.4) is 0 Å². The highest BCUT2D eigenvalue weighted by Crippen LogP contribution is 2.38. The van der Waals surface area contributed by atoms with Crippen molar-refractivity contribution in [2.45, 2.75) is 18.9 Å². The van der Waals surface area contributed by atoms with Crippen LogP contribution in [0.5, 0.6) is 23.0 Å². The minimum absolute atomic E-state index is 0.00514. The molecule has 0 aliphatic carbocycles. The van der Waals surface area contributed by atoms with Gasteiger partial charge in [0, 0.05) is 31.5 Å². The molecule has 0 atom stereocenters. The molecule has 1 aliphatic heterocycles. The molecular formula is C21H24FNO5. The van der Waals surface area contributed by atoms with Crippen LogP contribution < -0.4 is 18.9 Å². The molecule has 1 fully saturated rings. The van der Waals surface area contributed by atoms with Gasteiger partial charge in [0.2, 0.25) is 5.75 Å². The third-order valence-electron chi connectivity index (χ3n) is 4.76. The van der Waals surface area contributed by atoms with Crippen molar-refractivity contribution < 1.29 is 28.1 Å². The van der Waals surface area contributed by atoms with Gasteiger partial charge in [-0.05, 0) is 36.4 Å². The van der Waals surface area contributed by atoms with E-state index < -0.39 is 0 Å². The van der Waals surface area contributed by atoms with Crippen LogP contribution in [0.2, 0.25) is 0 Å². The van der Waals surface area contributed by atoms with Crippen LogP contribution in [0.15, 0.2) is 36.4 Å². The standard InChI is InChI=1S/C21H24FNO5/c1-25-18-12-14(13-19(26-2)20(18)27-3)21(24)23-10-8-17(9-11-23)28-16-6-4-15(22)5-7-16/h4-7,12-13,17H,8-11H2,1-3H3. The molecule has 2 aromatic rings. The highest BCUT2D eigenvalue weighted by atomic mass is 19.1. The smallest absolute Gasteiger partial charge is 0.254 e. The second-order valence-electron chi connectivity index (χ2n) is 6.48. The highest BCUT2D eigenvalue weighted by Gasteiger charge is 2.26. The largest absolute Gasteiger partial charge is 0.493 e. The van der Waals surface area contributed by atoms with Crippen molar-refractivity contribution in [2.75, 3.05) is 34.4 Å². The number of benzene rings is 2. The lowest BCUT2D eigenvalue weighted by molar-refractivity contribution is 0.0594. The SMILES string of the molecule is COc1cc(C(=O)N2CCC(Oc3ccc(F)cc3)CC2)cc(OC)c1OC. The van der Waals surface area contributed by atoms with Crippen LogP contribution in [0.4, 0.5) is 4.39 Å². The summed E-state index contributed by atoms with van der Waals surface area (Å²) < 4.78 is 34.8. The topological polar surface area (TPSA) is 57.2 Å². The lowest BCUT2D eigenvalue weighted by Gasteiger charge is -2.32. The summed E-state index contributed by atoms with van der Waals surface area (Å²) in [6, 6.07) is 9.29. The van der Waals surface area contributed by atoms with Gasteiger partial charge in [0.15, 0.2) is 11.5 Å². The molecule has 0 unspecified atom stereocenters. The van der Waals surface area contributed by atoms with E-state index in [1.54, 1.807) is 29.2 Å². The molecule has 1 aliphatic rings. The molecule has 0 saturated carbocycles. The first-order chi connectivity index (χ1) is 13.5. The molecule has 0 radical (unpaired) electrons. The predicted molar refractivity (Wildman–Crippen MR) is 102 cm³/mol. The molecule has 0 bridgehead atoms. The van der Waals surface area contributed by atoms with Crippen LogP contribution in [0, 0.1) is 5.82 Å². The van der Waals surface area contributed by atoms with Crippen molar-refractivity contribution in [3.8, 4) is 23.0 Å². The van der Waals surface area contributed by atoms with E-state index in [2.05, 4.69) is 0 Å². The number of ether oxygens (including phenoxy) is 4. The van der Waals surface area contributed by atoms with Crippen molar-refractivity contribution in [3.63, 3.8) is 0 Å².